The third kappa shape index (κ3) is 5.67. The first-order valence-corrected chi connectivity index (χ1v) is 11.6. The monoisotopic (exact) mass is 438 g/mol. The molecule has 0 atom stereocenters. The lowest BCUT2D eigenvalue weighted by atomic mass is 10.1. The summed E-state index contributed by atoms with van der Waals surface area (Å²) in [7, 11) is 0. The predicted octanol–water partition coefficient (Wildman–Crippen LogP) is 4.93. The molecule has 1 aromatic heterocycles. The van der Waals surface area contributed by atoms with Gasteiger partial charge in [-0.05, 0) is 48.9 Å². The van der Waals surface area contributed by atoms with Crippen molar-refractivity contribution in [1.29, 1.82) is 0 Å². The topological polar surface area (TPSA) is 72.6 Å². The van der Waals surface area contributed by atoms with Gasteiger partial charge in [0.05, 0.1) is 5.56 Å². The zero-order valence-electron chi connectivity index (χ0n) is 17.6. The molecule has 1 fully saturated rings. The van der Waals surface area contributed by atoms with E-state index in [-0.39, 0.29) is 12.5 Å². The van der Waals surface area contributed by atoms with Gasteiger partial charge in [-0.2, -0.15) is 0 Å². The lowest BCUT2D eigenvalue weighted by molar-refractivity contribution is -0.134. The number of amides is 1. The van der Waals surface area contributed by atoms with E-state index in [0.717, 1.165) is 29.6 Å². The number of carbonyl (C=O) groups excluding carboxylic acids is 2. The van der Waals surface area contributed by atoms with Crippen LogP contribution in [0.4, 0.5) is 0 Å². The molecule has 1 aliphatic carbocycles. The highest BCUT2D eigenvalue weighted by molar-refractivity contribution is 7.98. The van der Waals surface area contributed by atoms with E-state index in [9.17, 15) is 9.59 Å². The molecule has 0 bridgehead atoms. The first kappa shape index (κ1) is 21.4. The molecule has 1 heterocycles. The van der Waals surface area contributed by atoms with Crippen molar-refractivity contribution in [2.45, 2.75) is 37.2 Å². The predicted molar refractivity (Wildman–Crippen MR) is 120 cm³/mol. The van der Waals surface area contributed by atoms with Crippen molar-refractivity contribution in [2.24, 2.45) is 5.92 Å². The van der Waals surface area contributed by atoms with Crippen molar-refractivity contribution in [3.8, 4) is 0 Å². The first-order chi connectivity index (χ1) is 15.1. The Morgan fingerprint density at radius 1 is 1.16 bits per heavy atom. The molecule has 0 unspecified atom stereocenters. The summed E-state index contributed by atoms with van der Waals surface area (Å²) < 4.78 is 11.1. The van der Waals surface area contributed by atoms with Crippen LogP contribution in [-0.2, 0) is 15.3 Å². The van der Waals surface area contributed by atoms with Crippen LogP contribution in [0.2, 0.25) is 0 Å². The molecule has 6 nitrogen and oxygen atoms in total. The second kappa shape index (κ2) is 10.0. The summed E-state index contributed by atoms with van der Waals surface area (Å²) in [6, 6.07) is 14.9. The largest absolute Gasteiger partial charge is 0.452 e. The maximum atomic E-state index is 12.7. The molecule has 1 aliphatic rings. The van der Waals surface area contributed by atoms with Gasteiger partial charge >= 0.3 is 5.97 Å². The number of esters is 1. The van der Waals surface area contributed by atoms with Crippen LogP contribution in [-0.4, -0.2) is 41.5 Å². The Labute approximate surface area is 186 Å². The Hall–Kier alpha value is -2.80. The molecule has 7 heteroatoms. The normalized spacial score (nSPS) is 13.3. The molecule has 0 radical (unpaired) electrons. The van der Waals surface area contributed by atoms with Crippen LogP contribution in [0.5, 0.6) is 0 Å². The van der Waals surface area contributed by atoms with Crippen LogP contribution in [0.3, 0.4) is 0 Å². The maximum absolute atomic E-state index is 12.7. The number of hydrogen-bond donors (Lipinski definition) is 0. The van der Waals surface area contributed by atoms with Crippen molar-refractivity contribution < 1.29 is 18.7 Å². The molecule has 4 rings (SSSR count). The number of carbonyl (C=O) groups is 2. The van der Waals surface area contributed by atoms with Crippen LogP contribution >= 0.6 is 11.8 Å². The Balaban J connectivity index is 1.36. The molecule has 31 heavy (non-hydrogen) atoms. The molecule has 0 aliphatic heterocycles. The minimum absolute atomic E-state index is 0.125. The summed E-state index contributed by atoms with van der Waals surface area (Å²) in [6.45, 7) is 3.29. The minimum Gasteiger partial charge on any atom is -0.452 e. The second-order valence-electron chi connectivity index (χ2n) is 7.75. The van der Waals surface area contributed by atoms with Gasteiger partial charge in [0.1, 0.15) is 5.52 Å². The zero-order valence-corrected chi connectivity index (χ0v) is 18.4. The van der Waals surface area contributed by atoms with E-state index in [4.69, 9.17) is 9.15 Å². The van der Waals surface area contributed by atoms with Crippen LogP contribution in [0.15, 0.2) is 58.2 Å². The summed E-state index contributed by atoms with van der Waals surface area (Å²) in [5, 5.41) is 0.551. The minimum atomic E-state index is -0.481. The lowest BCUT2D eigenvalue weighted by Gasteiger charge is -2.21. The van der Waals surface area contributed by atoms with E-state index in [1.165, 1.54) is 24.6 Å². The van der Waals surface area contributed by atoms with Crippen molar-refractivity contribution in [1.82, 2.24) is 9.88 Å². The standard InChI is InChI=1S/C24H26N2O4S/c1-2-13-26(14-17-11-12-17)22(27)15-29-23(28)19-8-4-3-7-18(19)16-31-24-25-20-9-5-6-10-21(20)30-24/h3-10,17H,2,11-16H2,1H3. The van der Waals surface area contributed by atoms with E-state index in [1.54, 1.807) is 12.1 Å². The van der Waals surface area contributed by atoms with Crippen LogP contribution < -0.4 is 0 Å². The van der Waals surface area contributed by atoms with E-state index in [2.05, 4.69) is 4.98 Å². The number of thioether (sulfide) groups is 1. The highest BCUT2D eigenvalue weighted by Crippen LogP contribution is 2.30. The van der Waals surface area contributed by atoms with Gasteiger partial charge in [0.2, 0.25) is 0 Å². The number of ether oxygens (including phenoxy) is 1. The number of benzene rings is 2. The highest BCUT2D eigenvalue weighted by atomic mass is 32.2. The van der Waals surface area contributed by atoms with Crippen LogP contribution in [0.25, 0.3) is 11.1 Å². The van der Waals surface area contributed by atoms with Gasteiger partial charge < -0.3 is 14.1 Å². The first-order valence-electron chi connectivity index (χ1n) is 10.6. The van der Waals surface area contributed by atoms with Gasteiger partial charge in [-0.3, -0.25) is 4.79 Å². The smallest absolute Gasteiger partial charge is 0.338 e. The van der Waals surface area contributed by atoms with Crippen LogP contribution in [0.1, 0.15) is 42.1 Å². The number of aromatic nitrogens is 1. The third-order valence-electron chi connectivity index (χ3n) is 5.21. The van der Waals surface area contributed by atoms with E-state index in [1.807, 2.05) is 48.2 Å². The van der Waals surface area contributed by atoms with E-state index >= 15 is 0 Å². The molecule has 3 aromatic rings. The summed E-state index contributed by atoms with van der Waals surface area (Å²) in [4.78, 5) is 31.5. The average Bonchev–Trinajstić information content (AvgIpc) is 3.51. The molecule has 0 N–H and O–H groups in total. The van der Waals surface area contributed by atoms with Gasteiger partial charge in [0, 0.05) is 18.8 Å². The Kier molecular flexibility index (Phi) is 6.92. The fourth-order valence-corrected chi connectivity index (χ4v) is 4.24. The van der Waals surface area contributed by atoms with Crippen molar-refractivity contribution in [2.75, 3.05) is 19.7 Å². The summed E-state index contributed by atoms with van der Waals surface area (Å²) >= 11 is 1.42. The molecule has 162 valence electrons. The van der Waals surface area contributed by atoms with E-state index in [0.29, 0.717) is 29.0 Å². The fourth-order valence-electron chi connectivity index (χ4n) is 3.39. The molecule has 1 saturated carbocycles. The van der Waals surface area contributed by atoms with E-state index < -0.39 is 5.97 Å². The van der Waals surface area contributed by atoms with Crippen molar-refractivity contribution in [3.05, 3.63) is 59.7 Å². The van der Waals surface area contributed by atoms with Gasteiger partial charge in [0.15, 0.2) is 12.2 Å². The average molecular weight is 439 g/mol. The van der Waals surface area contributed by atoms with Gasteiger partial charge in [-0.15, -0.1) is 0 Å². The quantitative estimate of drug-likeness (QED) is 0.330. The number of nitrogens with zero attached hydrogens (tertiary/aromatic N) is 2. The highest BCUT2D eigenvalue weighted by Gasteiger charge is 2.27. The van der Waals surface area contributed by atoms with Gasteiger partial charge in [-0.1, -0.05) is 49.0 Å². The number of hydrogen-bond acceptors (Lipinski definition) is 6. The Bertz CT molecular complexity index is 1030. The number of para-hydroxylation sites is 2. The fraction of sp³-hybridized carbons (Fsp3) is 0.375. The number of fused-ring (bicyclic) bond motifs is 1. The van der Waals surface area contributed by atoms with Gasteiger partial charge in [0.25, 0.3) is 11.1 Å². The van der Waals surface area contributed by atoms with Crippen LogP contribution in [0, 0.1) is 5.92 Å². The summed E-state index contributed by atoms with van der Waals surface area (Å²) in [6.07, 6.45) is 3.25. The molecular weight excluding hydrogens is 412 g/mol. The molecular formula is C24H26N2O4S. The SMILES string of the molecule is CCCN(CC1CC1)C(=O)COC(=O)c1ccccc1CSc1nc2ccccc2o1. The molecule has 0 spiro atoms. The molecule has 2 aromatic carbocycles. The van der Waals surface area contributed by atoms with Crippen molar-refractivity contribution >= 4 is 34.7 Å². The maximum Gasteiger partial charge on any atom is 0.338 e. The van der Waals surface area contributed by atoms with Crippen molar-refractivity contribution in [3.63, 3.8) is 0 Å². The third-order valence-corrected chi connectivity index (χ3v) is 6.09. The second-order valence-corrected chi connectivity index (χ2v) is 8.68. The Morgan fingerprint density at radius 3 is 2.71 bits per heavy atom. The Morgan fingerprint density at radius 2 is 1.94 bits per heavy atom. The molecule has 0 saturated heterocycles. The zero-order chi connectivity index (χ0) is 21.6. The van der Waals surface area contributed by atoms with Gasteiger partial charge in [-0.25, -0.2) is 9.78 Å². The lowest BCUT2D eigenvalue weighted by Crippen LogP contribution is -2.36. The molecule has 1 amide bonds. The summed E-state index contributed by atoms with van der Waals surface area (Å²) in [5.74, 6) is 0.511. The number of oxazole rings is 1. The number of rotatable bonds is 10. The summed E-state index contributed by atoms with van der Waals surface area (Å²) in [5.41, 5.74) is 2.82.